The molecule has 0 atom stereocenters. The number of carbonyl (C=O) groups is 1. The predicted molar refractivity (Wildman–Crippen MR) is 80.5 cm³/mol. The van der Waals surface area contributed by atoms with E-state index in [4.69, 9.17) is 0 Å². The van der Waals surface area contributed by atoms with Gasteiger partial charge in [-0.2, -0.15) is 0 Å². The van der Waals surface area contributed by atoms with Crippen LogP contribution in [0.15, 0.2) is 47.2 Å². The number of pyridine rings is 1. The Morgan fingerprint density at radius 3 is 2.79 bits per heavy atom. The number of nitrogens with zero attached hydrogens (tertiary/aromatic N) is 1. The lowest BCUT2D eigenvalue weighted by Crippen LogP contribution is -2.15. The molecule has 1 aromatic carbocycles. The summed E-state index contributed by atoms with van der Waals surface area (Å²) in [4.78, 5) is 16.3. The highest BCUT2D eigenvalue weighted by molar-refractivity contribution is 9.10. The van der Waals surface area contributed by atoms with E-state index in [1.54, 1.807) is 18.5 Å². The first kappa shape index (κ1) is 13.5. The molecule has 5 heteroatoms. The van der Waals surface area contributed by atoms with Crippen LogP contribution in [0.5, 0.6) is 0 Å². The zero-order valence-electron chi connectivity index (χ0n) is 10.5. The first-order valence-corrected chi connectivity index (χ1v) is 6.75. The van der Waals surface area contributed by atoms with E-state index in [0.717, 1.165) is 22.4 Å². The van der Waals surface area contributed by atoms with Crippen LogP contribution in [-0.2, 0) is 0 Å². The molecule has 0 saturated heterocycles. The van der Waals surface area contributed by atoms with Crippen molar-refractivity contribution in [2.75, 3.05) is 17.2 Å². The largest absolute Gasteiger partial charge is 0.383 e. The molecule has 4 nitrogen and oxygen atoms in total. The molecule has 2 rings (SSSR count). The van der Waals surface area contributed by atoms with Gasteiger partial charge in [0.15, 0.2) is 0 Å². The Morgan fingerprint density at radius 1 is 1.26 bits per heavy atom. The van der Waals surface area contributed by atoms with Gasteiger partial charge in [0, 0.05) is 17.2 Å². The fourth-order valence-corrected chi connectivity index (χ4v) is 2.06. The minimum atomic E-state index is -0.162. The summed E-state index contributed by atoms with van der Waals surface area (Å²) in [5.74, 6) is -0.162. The second kappa shape index (κ2) is 6.33. The van der Waals surface area contributed by atoms with Gasteiger partial charge in [0.05, 0.1) is 23.1 Å². The standard InChI is InChI=1S/C14H14BrN3O/c1-2-17-13-9-16-8-7-10(13)14(19)18-12-6-4-3-5-11(12)15/h3-9,17H,2H2,1H3,(H,18,19). The first-order chi connectivity index (χ1) is 9.22. The summed E-state index contributed by atoms with van der Waals surface area (Å²) in [5.41, 5.74) is 2.05. The molecule has 0 aliphatic carbocycles. The lowest BCUT2D eigenvalue weighted by molar-refractivity contribution is 0.102. The molecule has 98 valence electrons. The fraction of sp³-hybridized carbons (Fsp3) is 0.143. The van der Waals surface area contributed by atoms with Crippen molar-refractivity contribution in [3.63, 3.8) is 0 Å². The number of halogens is 1. The van der Waals surface area contributed by atoms with Gasteiger partial charge < -0.3 is 10.6 Å². The number of benzene rings is 1. The summed E-state index contributed by atoms with van der Waals surface area (Å²) in [7, 11) is 0. The van der Waals surface area contributed by atoms with Crippen LogP contribution < -0.4 is 10.6 Å². The maximum Gasteiger partial charge on any atom is 0.257 e. The zero-order chi connectivity index (χ0) is 13.7. The minimum absolute atomic E-state index is 0.162. The molecule has 0 fully saturated rings. The highest BCUT2D eigenvalue weighted by Gasteiger charge is 2.12. The van der Waals surface area contributed by atoms with Gasteiger partial charge in [-0.05, 0) is 41.1 Å². The first-order valence-electron chi connectivity index (χ1n) is 5.96. The molecule has 0 bridgehead atoms. The summed E-state index contributed by atoms with van der Waals surface area (Å²) in [5, 5.41) is 5.99. The van der Waals surface area contributed by atoms with Crippen LogP contribution in [0.2, 0.25) is 0 Å². The molecule has 0 aliphatic heterocycles. The monoisotopic (exact) mass is 319 g/mol. The second-order valence-corrected chi connectivity index (χ2v) is 4.74. The molecular formula is C14H14BrN3O. The lowest BCUT2D eigenvalue weighted by Gasteiger charge is -2.11. The average molecular weight is 320 g/mol. The lowest BCUT2D eigenvalue weighted by atomic mass is 10.2. The molecule has 0 unspecified atom stereocenters. The Labute approximate surface area is 120 Å². The fourth-order valence-electron chi connectivity index (χ4n) is 1.68. The maximum absolute atomic E-state index is 12.3. The van der Waals surface area contributed by atoms with Crippen molar-refractivity contribution in [2.45, 2.75) is 6.92 Å². The van der Waals surface area contributed by atoms with Crippen LogP contribution in [0, 0.1) is 0 Å². The van der Waals surface area contributed by atoms with Crippen molar-refractivity contribution < 1.29 is 4.79 Å². The number of carbonyl (C=O) groups excluding carboxylic acids is 1. The van der Waals surface area contributed by atoms with Crippen molar-refractivity contribution in [2.24, 2.45) is 0 Å². The average Bonchev–Trinajstić information content (AvgIpc) is 2.42. The van der Waals surface area contributed by atoms with Gasteiger partial charge in [0.25, 0.3) is 5.91 Å². The van der Waals surface area contributed by atoms with Crippen LogP contribution in [-0.4, -0.2) is 17.4 Å². The summed E-state index contributed by atoms with van der Waals surface area (Å²) >= 11 is 3.40. The number of anilines is 2. The van der Waals surface area contributed by atoms with Gasteiger partial charge in [-0.25, -0.2) is 0 Å². The summed E-state index contributed by atoms with van der Waals surface area (Å²) in [6, 6.07) is 9.20. The molecule has 2 N–H and O–H groups in total. The third kappa shape index (κ3) is 3.32. The molecule has 0 saturated carbocycles. The number of hydrogen-bond acceptors (Lipinski definition) is 3. The summed E-state index contributed by atoms with van der Waals surface area (Å²) < 4.78 is 0.849. The predicted octanol–water partition coefficient (Wildman–Crippen LogP) is 3.53. The van der Waals surface area contributed by atoms with E-state index >= 15 is 0 Å². The Balaban J connectivity index is 2.23. The van der Waals surface area contributed by atoms with Gasteiger partial charge in [-0.3, -0.25) is 9.78 Å². The third-order valence-electron chi connectivity index (χ3n) is 2.55. The smallest absolute Gasteiger partial charge is 0.257 e. The number of nitrogens with one attached hydrogen (secondary N) is 2. The number of hydrogen-bond donors (Lipinski definition) is 2. The van der Waals surface area contributed by atoms with E-state index in [1.165, 1.54) is 0 Å². The van der Waals surface area contributed by atoms with Crippen LogP contribution in [0.3, 0.4) is 0 Å². The summed E-state index contributed by atoms with van der Waals surface area (Å²) in [6.07, 6.45) is 3.26. The normalized spacial score (nSPS) is 10.0. The van der Waals surface area contributed by atoms with E-state index in [-0.39, 0.29) is 5.91 Å². The molecule has 2 aromatic rings. The maximum atomic E-state index is 12.3. The Bertz CT molecular complexity index is 586. The van der Waals surface area contributed by atoms with E-state index < -0.39 is 0 Å². The van der Waals surface area contributed by atoms with Gasteiger partial charge >= 0.3 is 0 Å². The molecular weight excluding hydrogens is 306 g/mol. The SMILES string of the molecule is CCNc1cnccc1C(=O)Nc1ccccc1Br. The number of rotatable bonds is 4. The molecule has 0 aliphatic rings. The van der Waals surface area contributed by atoms with Crippen molar-refractivity contribution in [1.29, 1.82) is 0 Å². The quantitative estimate of drug-likeness (QED) is 0.906. The summed E-state index contributed by atoms with van der Waals surface area (Å²) in [6.45, 7) is 2.71. The van der Waals surface area contributed by atoms with E-state index in [0.29, 0.717) is 5.56 Å². The number of para-hydroxylation sites is 1. The van der Waals surface area contributed by atoms with Crippen LogP contribution >= 0.6 is 15.9 Å². The van der Waals surface area contributed by atoms with Crippen molar-refractivity contribution >= 4 is 33.2 Å². The Hall–Kier alpha value is -1.88. The van der Waals surface area contributed by atoms with Gasteiger partial charge in [-0.1, -0.05) is 12.1 Å². The van der Waals surface area contributed by atoms with Crippen LogP contribution in [0.4, 0.5) is 11.4 Å². The van der Waals surface area contributed by atoms with E-state index in [1.807, 2.05) is 31.2 Å². The Morgan fingerprint density at radius 2 is 2.05 bits per heavy atom. The topological polar surface area (TPSA) is 54.0 Å². The molecule has 19 heavy (non-hydrogen) atoms. The zero-order valence-corrected chi connectivity index (χ0v) is 12.1. The molecule has 0 radical (unpaired) electrons. The van der Waals surface area contributed by atoms with Gasteiger partial charge in [-0.15, -0.1) is 0 Å². The van der Waals surface area contributed by atoms with E-state index in [2.05, 4.69) is 31.5 Å². The molecule has 1 aromatic heterocycles. The van der Waals surface area contributed by atoms with Crippen molar-refractivity contribution in [3.8, 4) is 0 Å². The van der Waals surface area contributed by atoms with Gasteiger partial charge in [0.2, 0.25) is 0 Å². The van der Waals surface area contributed by atoms with Gasteiger partial charge in [0.1, 0.15) is 0 Å². The highest BCUT2D eigenvalue weighted by Crippen LogP contribution is 2.23. The Kier molecular flexibility index (Phi) is 4.52. The molecule has 1 heterocycles. The highest BCUT2D eigenvalue weighted by atomic mass is 79.9. The molecule has 0 spiro atoms. The van der Waals surface area contributed by atoms with Crippen molar-refractivity contribution in [1.82, 2.24) is 4.98 Å². The molecule has 1 amide bonds. The second-order valence-electron chi connectivity index (χ2n) is 3.89. The van der Waals surface area contributed by atoms with Crippen molar-refractivity contribution in [3.05, 3.63) is 52.8 Å². The van der Waals surface area contributed by atoms with E-state index in [9.17, 15) is 4.79 Å². The van der Waals surface area contributed by atoms with Crippen LogP contribution in [0.25, 0.3) is 0 Å². The number of aromatic nitrogens is 1. The third-order valence-corrected chi connectivity index (χ3v) is 3.25. The number of amides is 1. The van der Waals surface area contributed by atoms with Crippen LogP contribution in [0.1, 0.15) is 17.3 Å². The minimum Gasteiger partial charge on any atom is -0.383 e.